The second kappa shape index (κ2) is 9.89. The smallest absolute Gasteiger partial charge is 0.235 e. The van der Waals surface area contributed by atoms with Crippen molar-refractivity contribution in [2.24, 2.45) is 0 Å². The van der Waals surface area contributed by atoms with Crippen LogP contribution in [0.15, 0.2) is 156 Å². The summed E-state index contributed by atoms with van der Waals surface area (Å²) in [5.74, 6) is 0.613. The van der Waals surface area contributed by atoms with Crippen molar-refractivity contribution in [3.63, 3.8) is 0 Å². The second-order valence-electron chi connectivity index (χ2n) is 12.7. The van der Waals surface area contributed by atoms with E-state index in [4.69, 9.17) is 14.4 Å². The first-order valence-corrected chi connectivity index (χ1v) is 16.5. The molecule has 0 fully saturated rings. The molecule has 0 amide bonds. The molecule has 0 saturated carbocycles. The number of hydrogen-bond acceptors (Lipinski definition) is 3. The van der Waals surface area contributed by atoms with Gasteiger partial charge in [-0.05, 0) is 41.5 Å². The zero-order chi connectivity index (χ0) is 32.1. The van der Waals surface area contributed by atoms with E-state index in [2.05, 4.69) is 137 Å². The molecule has 0 bridgehead atoms. The molecule has 0 aliphatic heterocycles. The lowest BCUT2D eigenvalue weighted by Gasteiger charge is -2.12. The van der Waals surface area contributed by atoms with Crippen molar-refractivity contribution in [3.8, 4) is 28.3 Å². The second-order valence-corrected chi connectivity index (χ2v) is 12.7. The summed E-state index contributed by atoms with van der Waals surface area (Å²) in [7, 11) is 0. The number of H-pyrrole nitrogens is 1. The molecule has 0 aliphatic carbocycles. The minimum atomic E-state index is 0.613. The van der Waals surface area contributed by atoms with Gasteiger partial charge < -0.3 is 9.40 Å². The molecule has 5 nitrogen and oxygen atoms in total. The van der Waals surface area contributed by atoms with Gasteiger partial charge >= 0.3 is 0 Å². The fourth-order valence-corrected chi connectivity index (χ4v) is 7.73. The van der Waals surface area contributed by atoms with Gasteiger partial charge in [-0.25, -0.2) is 9.97 Å². The van der Waals surface area contributed by atoms with Crippen molar-refractivity contribution < 1.29 is 4.42 Å². The first-order valence-electron chi connectivity index (χ1n) is 16.5. The van der Waals surface area contributed by atoms with Crippen molar-refractivity contribution in [1.29, 1.82) is 0 Å². The Labute approximate surface area is 279 Å². The Morgan fingerprint density at radius 3 is 2.04 bits per heavy atom. The van der Waals surface area contributed by atoms with Crippen molar-refractivity contribution >= 4 is 76.5 Å². The summed E-state index contributed by atoms with van der Waals surface area (Å²) in [5.41, 5.74) is 11.1. The standard InChI is InChI=1S/C44H26N4O/c1-2-10-26(11-3-1)27-18-20-28(21-19-27)40-33-14-5-8-16-36(33)46-44(47-40)48-37-25-24-32-30-13-6-9-17-38(30)49-43(32)39(37)34-23-22-31-29-12-4-7-15-35(29)45-41(31)42(34)48/h1-25,45H. The minimum Gasteiger partial charge on any atom is -0.455 e. The van der Waals surface area contributed by atoms with Gasteiger partial charge in [0.05, 0.1) is 33.1 Å². The fraction of sp³-hybridized carbons (Fsp3) is 0. The fourth-order valence-electron chi connectivity index (χ4n) is 7.73. The van der Waals surface area contributed by atoms with E-state index >= 15 is 0 Å². The summed E-state index contributed by atoms with van der Waals surface area (Å²) < 4.78 is 8.87. The van der Waals surface area contributed by atoms with Gasteiger partial charge in [0, 0.05) is 43.4 Å². The number of aromatic nitrogens is 4. The van der Waals surface area contributed by atoms with Crippen LogP contribution in [0.4, 0.5) is 0 Å². The van der Waals surface area contributed by atoms with E-state index in [0.29, 0.717) is 5.95 Å². The SMILES string of the molecule is c1ccc(-c2ccc(-c3nc(-n4c5ccc6c7ccccc7oc6c5c5ccc6c7ccccc7[nH]c6c54)nc4ccccc34)cc2)cc1. The number of hydrogen-bond donors (Lipinski definition) is 1. The normalized spacial score (nSPS) is 12.1. The zero-order valence-corrected chi connectivity index (χ0v) is 26.2. The minimum absolute atomic E-state index is 0.613. The highest BCUT2D eigenvalue weighted by Gasteiger charge is 2.23. The van der Waals surface area contributed by atoms with Crippen molar-refractivity contribution in [2.75, 3.05) is 0 Å². The predicted octanol–water partition coefficient (Wildman–Crippen LogP) is 11.6. The lowest BCUT2D eigenvalue weighted by Crippen LogP contribution is -2.03. The van der Waals surface area contributed by atoms with Crippen LogP contribution in [0.25, 0.3) is 105 Å². The Balaban J connectivity index is 1.26. The number of nitrogens with zero attached hydrogens (tertiary/aromatic N) is 3. The van der Waals surface area contributed by atoms with Crippen LogP contribution in [0.3, 0.4) is 0 Å². The zero-order valence-electron chi connectivity index (χ0n) is 26.2. The van der Waals surface area contributed by atoms with Crippen LogP contribution >= 0.6 is 0 Å². The summed E-state index contributed by atoms with van der Waals surface area (Å²) >= 11 is 0. The molecule has 0 aliphatic rings. The number of fused-ring (bicyclic) bond motifs is 12. The summed E-state index contributed by atoms with van der Waals surface area (Å²) in [6.45, 7) is 0. The first kappa shape index (κ1) is 26.4. The Morgan fingerprint density at radius 1 is 0.490 bits per heavy atom. The maximum absolute atomic E-state index is 6.64. The molecule has 11 rings (SSSR count). The molecule has 11 aromatic rings. The molecule has 49 heavy (non-hydrogen) atoms. The van der Waals surface area contributed by atoms with Gasteiger partial charge in [-0.3, -0.25) is 4.57 Å². The predicted molar refractivity (Wildman–Crippen MR) is 201 cm³/mol. The molecule has 0 radical (unpaired) electrons. The Morgan fingerprint density at radius 2 is 1.16 bits per heavy atom. The van der Waals surface area contributed by atoms with Gasteiger partial charge in [0.15, 0.2) is 0 Å². The van der Waals surface area contributed by atoms with Gasteiger partial charge in [-0.1, -0.05) is 121 Å². The molecule has 7 aromatic carbocycles. The van der Waals surface area contributed by atoms with E-state index < -0.39 is 0 Å². The van der Waals surface area contributed by atoms with Crippen LogP contribution in [0.2, 0.25) is 0 Å². The number of aromatic amines is 1. The van der Waals surface area contributed by atoms with E-state index in [1.807, 2.05) is 24.3 Å². The first-order chi connectivity index (χ1) is 24.3. The molecular formula is C44H26N4O. The maximum Gasteiger partial charge on any atom is 0.235 e. The van der Waals surface area contributed by atoms with Crippen molar-refractivity contribution in [2.45, 2.75) is 0 Å². The lowest BCUT2D eigenvalue weighted by atomic mass is 10.0. The summed E-state index contributed by atoms with van der Waals surface area (Å²) in [5, 5.41) is 7.69. The van der Waals surface area contributed by atoms with Gasteiger partial charge in [0.1, 0.15) is 11.2 Å². The van der Waals surface area contributed by atoms with Gasteiger partial charge in [-0.15, -0.1) is 0 Å². The van der Waals surface area contributed by atoms with Gasteiger partial charge in [0.25, 0.3) is 0 Å². The lowest BCUT2D eigenvalue weighted by molar-refractivity contribution is 0.673. The molecule has 4 heterocycles. The van der Waals surface area contributed by atoms with Crippen LogP contribution in [0, 0.1) is 0 Å². The van der Waals surface area contributed by atoms with E-state index in [1.54, 1.807) is 0 Å². The average Bonchev–Trinajstić information content (AvgIpc) is 3.84. The van der Waals surface area contributed by atoms with E-state index in [0.717, 1.165) is 82.3 Å². The third-order valence-electron chi connectivity index (χ3n) is 9.97. The highest BCUT2D eigenvalue weighted by Crippen LogP contribution is 2.43. The van der Waals surface area contributed by atoms with Gasteiger partial charge in [-0.2, -0.15) is 0 Å². The highest BCUT2D eigenvalue weighted by atomic mass is 16.3. The quantitative estimate of drug-likeness (QED) is 0.212. The van der Waals surface area contributed by atoms with Crippen LogP contribution in [0.5, 0.6) is 0 Å². The highest BCUT2D eigenvalue weighted by molar-refractivity contribution is 6.28. The molecule has 0 unspecified atom stereocenters. The van der Waals surface area contributed by atoms with Crippen molar-refractivity contribution in [3.05, 3.63) is 152 Å². The summed E-state index contributed by atoms with van der Waals surface area (Å²) in [6, 6.07) is 53.0. The average molecular weight is 627 g/mol. The molecule has 228 valence electrons. The topological polar surface area (TPSA) is 59.6 Å². The number of rotatable bonds is 3. The van der Waals surface area contributed by atoms with Crippen molar-refractivity contribution in [1.82, 2.24) is 19.5 Å². The van der Waals surface area contributed by atoms with E-state index in [-0.39, 0.29) is 0 Å². The monoisotopic (exact) mass is 626 g/mol. The number of furan rings is 1. The van der Waals surface area contributed by atoms with Crippen LogP contribution in [0.1, 0.15) is 0 Å². The van der Waals surface area contributed by atoms with Crippen LogP contribution < -0.4 is 0 Å². The maximum atomic E-state index is 6.64. The number of para-hydroxylation sites is 3. The van der Waals surface area contributed by atoms with E-state index in [1.165, 1.54) is 16.5 Å². The molecule has 5 heteroatoms. The third-order valence-corrected chi connectivity index (χ3v) is 9.97. The van der Waals surface area contributed by atoms with Gasteiger partial charge in [0.2, 0.25) is 5.95 Å². The largest absolute Gasteiger partial charge is 0.455 e. The third kappa shape index (κ3) is 3.75. The number of benzene rings is 7. The Kier molecular flexibility index (Phi) is 5.32. The number of nitrogens with one attached hydrogen (secondary N) is 1. The molecule has 4 aromatic heterocycles. The summed E-state index contributed by atoms with van der Waals surface area (Å²) in [6.07, 6.45) is 0. The van der Waals surface area contributed by atoms with E-state index in [9.17, 15) is 0 Å². The molecule has 0 spiro atoms. The molecule has 0 saturated heterocycles. The molecule has 0 atom stereocenters. The summed E-state index contributed by atoms with van der Waals surface area (Å²) in [4.78, 5) is 14.4. The Hall–Kier alpha value is -6.72. The Bertz CT molecular complexity index is 3090. The molecular weight excluding hydrogens is 601 g/mol. The van der Waals surface area contributed by atoms with Crippen LogP contribution in [-0.4, -0.2) is 19.5 Å². The van der Waals surface area contributed by atoms with Crippen LogP contribution in [-0.2, 0) is 0 Å². The molecule has 1 N–H and O–H groups in total.